The molecule has 1 aliphatic heterocycles. The summed E-state index contributed by atoms with van der Waals surface area (Å²) in [5, 5.41) is 0. The van der Waals surface area contributed by atoms with E-state index in [0.29, 0.717) is 5.54 Å². The van der Waals surface area contributed by atoms with Crippen molar-refractivity contribution in [3.05, 3.63) is 11.6 Å². The molecule has 0 spiro atoms. The molecule has 1 aliphatic rings. The zero-order chi connectivity index (χ0) is 8.48. The van der Waals surface area contributed by atoms with E-state index >= 15 is 0 Å². The smallest absolute Gasteiger partial charge is 0.0182 e. The number of rotatable bonds is 2. The van der Waals surface area contributed by atoms with E-state index in [-0.39, 0.29) is 0 Å². The molecule has 0 saturated carbocycles. The van der Waals surface area contributed by atoms with Gasteiger partial charge in [0.05, 0.1) is 0 Å². The fraction of sp³-hybridized carbons (Fsp3) is 0.778. The van der Waals surface area contributed by atoms with E-state index < -0.39 is 0 Å². The van der Waals surface area contributed by atoms with E-state index in [9.17, 15) is 0 Å². The first-order chi connectivity index (χ1) is 5.08. The predicted molar refractivity (Wildman–Crippen MR) is 49.9 cm³/mol. The third-order valence-electron chi connectivity index (χ3n) is 2.50. The molecule has 0 aromatic rings. The van der Waals surface area contributed by atoms with Gasteiger partial charge in [-0.3, -0.25) is 4.90 Å². The molecule has 1 atom stereocenters. The summed E-state index contributed by atoms with van der Waals surface area (Å²) in [6.45, 7) is 7.79. The predicted octanol–water partition coefficient (Wildman–Crippen LogP) is 2.61. The van der Waals surface area contributed by atoms with E-state index in [0.717, 1.165) is 12.6 Å². The van der Waals surface area contributed by atoms with Gasteiger partial charge >= 0.3 is 0 Å². The number of hydrogen-bond acceptors (Lipinski definition) is 1. The van der Waals surface area contributed by atoms with Crippen LogP contribution in [0.25, 0.3) is 0 Å². The summed E-state index contributed by atoms with van der Waals surface area (Å²) in [5.74, 6) is 0. The van der Waals surface area contributed by atoms with Crippen molar-refractivity contribution in [2.24, 2.45) is 0 Å². The quantitative estimate of drug-likeness (QED) is 0.621. The van der Waals surface area contributed by atoms with Crippen LogP contribution in [0.4, 0.5) is 0 Å². The summed E-state index contributed by atoms with van der Waals surface area (Å²) >= 11 is 5.46. The van der Waals surface area contributed by atoms with Crippen LogP contribution in [-0.4, -0.2) is 23.0 Å². The maximum Gasteiger partial charge on any atom is 0.0182 e. The Morgan fingerprint density at radius 3 is 2.64 bits per heavy atom. The van der Waals surface area contributed by atoms with Crippen LogP contribution < -0.4 is 0 Å². The first kappa shape index (κ1) is 9.08. The summed E-state index contributed by atoms with van der Waals surface area (Å²) in [7, 11) is 0. The van der Waals surface area contributed by atoms with E-state index in [4.69, 9.17) is 11.6 Å². The first-order valence-electron chi connectivity index (χ1n) is 4.10. The molecule has 0 aliphatic carbocycles. The first-order valence-corrected chi connectivity index (χ1v) is 4.53. The average molecular weight is 174 g/mol. The van der Waals surface area contributed by atoms with Crippen LogP contribution in [0.2, 0.25) is 0 Å². The summed E-state index contributed by atoms with van der Waals surface area (Å²) in [4.78, 5) is 2.45. The van der Waals surface area contributed by atoms with Crippen molar-refractivity contribution in [1.82, 2.24) is 4.90 Å². The van der Waals surface area contributed by atoms with Gasteiger partial charge < -0.3 is 0 Å². The Bertz CT molecular complexity index is 163. The number of likely N-dealkylation sites (tertiary alicyclic amines) is 1. The van der Waals surface area contributed by atoms with Gasteiger partial charge in [-0.15, -0.1) is 0 Å². The molecule has 1 nitrogen and oxygen atoms in total. The molecule has 1 unspecified atom stereocenters. The SMILES string of the molecule is CC1CC(C)(C)N1C/C=C/Cl. The molecular weight excluding hydrogens is 158 g/mol. The highest BCUT2D eigenvalue weighted by molar-refractivity contribution is 6.25. The highest BCUT2D eigenvalue weighted by Crippen LogP contribution is 2.35. The molecule has 11 heavy (non-hydrogen) atoms. The molecule has 1 saturated heterocycles. The van der Waals surface area contributed by atoms with E-state index in [1.54, 1.807) is 5.54 Å². The maximum absolute atomic E-state index is 5.46. The molecule has 0 aromatic carbocycles. The lowest BCUT2D eigenvalue weighted by atomic mass is 9.82. The van der Waals surface area contributed by atoms with Crippen molar-refractivity contribution in [1.29, 1.82) is 0 Å². The minimum atomic E-state index is 0.385. The van der Waals surface area contributed by atoms with Crippen molar-refractivity contribution < 1.29 is 0 Å². The lowest BCUT2D eigenvalue weighted by Gasteiger charge is -2.53. The second kappa shape index (κ2) is 3.16. The Labute approximate surface area is 74.0 Å². The third kappa shape index (κ3) is 1.77. The van der Waals surface area contributed by atoms with Crippen molar-refractivity contribution in [3.8, 4) is 0 Å². The zero-order valence-electron chi connectivity index (χ0n) is 7.47. The average Bonchev–Trinajstić information content (AvgIpc) is 1.86. The molecular formula is C9H16ClN. The van der Waals surface area contributed by atoms with Crippen LogP contribution in [0, 0.1) is 0 Å². The van der Waals surface area contributed by atoms with Crippen LogP contribution >= 0.6 is 11.6 Å². The monoisotopic (exact) mass is 173 g/mol. The molecule has 2 heteroatoms. The van der Waals surface area contributed by atoms with E-state index in [2.05, 4.69) is 25.7 Å². The lowest BCUT2D eigenvalue weighted by Crippen LogP contribution is -2.61. The fourth-order valence-corrected chi connectivity index (χ4v) is 2.09. The molecule has 0 aromatic heterocycles. The van der Waals surface area contributed by atoms with Crippen LogP contribution in [0.5, 0.6) is 0 Å². The summed E-state index contributed by atoms with van der Waals surface area (Å²) < 4.78 is 0. The second-order valence-corrected chi connectivity index (χ2v) is 4.13. The number of halogens is 1. The van der Waals surface area contributed by atoms with E-state index in [1.807, 2.05) is 6.08 Å². The second-order valence-electron chi connectivity index (χ2n) is 3.88. The summed E-state index contributed by atoms with van der Waals surface area (Å²) in [5.41, 5.74) is 1.98. The Hall–Kier alpha value is -0.0100. The fourth-order valence-electron chi connectivity index (χ4n) is 2.02. The van der Waals surface area contributed by atoms with Gasteiger partial charge in [0.1, 0.15) is 0 Å². The van der Waals surface area contributed by atoms with Gasteiger partial charge in [0.25, 0.3) is 0 Å². The van der Waals surface area contributed by atoms with Crippen molar-refractivity contribution in [3.63, 3.8) is 0 Å². The van der Waals surface area contributed by atoms with Gasteiger partial charge in [0, 0.05) is 23.7 Å². The lowest BCUT2D eigenvalue weighted by molar-refractivity contribution is -0.0291. The van der Waals surface area contributed by atoms with Gasteiger partial charge in [0.2, 0.25) is 0 Å². The Balaban J connectivity index is 2.43. The largest absolute Gasteiger partial charge is 0.292 e. The summed E-state index contributed by atoms with van der Waals surface area (Å²) in [6.07, 6.45) is 3.29. The van der Waals surface area contributed by atoms with Gasteiger partial charge in [0.15, 0.2) is 0 Å². The molecule has 1 rings (SSSR count). The van der Waals surface area contributed by atoms with Gasteiger partial charge in [-0.05, 0) is 27.2 Å². The third-order valence-corrected chi connectivity index (χ3v) is 2.67. The highest BCUT2D eigenvalue weighted by atomic mass is 35.5. The molecule has 0 N–H and O–H groups in total. The van der Waals surface area contributed by atoms with Crippen LogP contribution in [0.3, 0.4) is 0 Å². The number of nitrogens with zero attached hydrogens (tertiary/aromatic N) is 1. The maximum atomic E-state index is 5.46. The molecule has 1 heterocycles. The van der Waals surface area contributed by atoms with E-state index in [1.165, 1.54) is 6.42 Å². The number of hydrogen-bond donors (Lipinski definition) is 0. The minimum absolute atomic E-state index is 0.385. The standard InChI is InChI=1S/C9H16ClN/c1-8-7-9(2,3)11(8)6-4-5-10/h4-5,8H,6-7H2,1-3H3/b5-4+. The van der Waals surface area contributed by atoms with Gasteiger partial charge in [-0.25, -0.2) is 0 Å². The summed E-state index contributed by atoms with van der Waals surface area (Å²) in [6, 6.07) is 0.720. The van der Waals surface area contributed by atoms with Gasteiger partial charge in [-0.1, -0.05) is 17.7 Å². The Kier molecular flexibility index (Phi) is 2.61. The molecule has 0 bridgehead atoms. The molecule has 1 fully saturated rings. The highest BCUT2D eigenvalue weighted by Gasteiger charge is 2.40. The van der Waals surface area contributed by atoms with Crippen LogP contribution in [0.15, 0.2) is 11.6 Å². The Morgan fingerprint density at radius 2 is 2.27 bits per heavy atom. The normalized spacial score (nSPS) is 30.7. The van der Waals surface area contributed by atoms with Crippen molar-refractivity contribution in [2.75, 3.05) is 6.54 Å². The van der Waals surface area contributed by atoms with Gasteiger partial charge in [-0.2, -0.15) is 0 Å². The minimum Gasteiger partial charge on any atom is -0.292 e. The molecule has 0 radical (unpaired) electrons. The van der Waals surface area contributed by atoms with Crippen LogP contribution in [-0.2, 0) is 0 Å². The molecule has 0 amide bonds. The van der Waals surface area contributed by atoms with Crippen molar-refractivity contribution >= 4 is 11.6 Å². The topological polar surface area (TPSA) is 3.24 Å². The van der Waals surface area contributed by atoms with Crippen molar-refractivity contribution in [2.45, 2.75) is 38.8 Å². The Morgan fingerprint density at radius 1 is 1.64 bits per heavy atom. The molecule has 64 valence electrons. The zero-order valence-corrected chi connectivity index (χ0v) is 8.23. The van der Waals surface area contributed by atoms with Crippen LogP contribution in [0.1, 0.15) is 27.2 Å².